The van der Waals surface area contributed by atoms with Crippen LogP contribution in [0, 0.1) is 0 Å². The summed E-state index contributed by atoms with van der Waals surface area (Å²) in [4.78, 5) is 18.9. The highest BCUT2D eigenvalue weighted by Gasteiger charge is 2.12. The molecule has 0 saturated carbocycles. The molecule has 0 aliphatic rings. The van der Waals surface area contributed by atoms with Gasteiger partial charge in [0.05, 0.1) is 9.99 Å². The van der Waals surface area contributed by atoms with E-state index in [2.05, 4.69) is 32.0 Å². The summed E-state index contributed by atoms with van der Waals surface area (Å²) < 4.78 is 0.610. The van der Waals surface area contributed by atoms with Crippen LogP contribution >= 0.6 is 15.9 Å². The lowest BCUT2D eigenvalue weighted by molar-refractivity contribution is 1.08. The predicted octanol–water partition coefficient (Wildman–Crippen LogP) is 3.92. The molecular formula is C16H13BrN2O. The molecule has 0 bridgehead atoms. The lowest BCUT2D eigenvalue weighted by Gasteiger charge is -2.11. The number of halogens is 1. The van der Waals surface area contributed by atoms with Crippen molar-refractivity contribution in [2.45, 2.75) is 13.3 Å². The Labute approximate surface area is 124 Å². The van der Waals surface area contributed by atoms with Crippen LogP contribution in [-0.2, 0) is 6.42 Å². The Hall–Kier alpha value is -1.94. The second-order valence-corrected chi connectivity index (χ2v) is 5.35. The van der Waals surface area contributed by atoms with Crippen molar-refractivity contribution >= 4 is 26.8 Å². The van der Waals surface area contributed by atoms with Crippen molar-refractivity contribution in [3.63, 3.8) is 0 Å². The van der Waals surface area contributed by atoms with Crippen molar-refractivity contribution in [1.82, 2.24) is 9.97 Å². The number of nitrogens with one attached hydrogen (secondary N) is 1. The van der Waals surface area contributed by atoms with E-state index in [-0.39, 0.29) is 5.56 Å². The molecule has 3 aromatic rings. The molecule has 0 unspecified atom stereocenters. The van der Waals surface area contributed by atoms with Gasteiger partial charge in [-0.3, -0.25) is 9.78 Å². The molecule has 2 heterocycles. The second-order valence-electron chi connectivity index (χ2n) is 4.55. The number of benzene rings is 1. The van der Waals surface area contributed by atoms with E-state index in [1.807, 2.05) is 31.2 Å². The normalized spacial score (nSPS) is 10.9. The molecule has 0 radical (unpaired) electrons. The average Bonchev–Trinajstić information content (AvgIpc) is 2.49. The maximum atomic E-state index is 11.7. The summed E-state index contributed by atoms with van der Waals surface area (Å²) in [5, 5.41) is 1.09. The monoisotopic (exact) mass is 328 g/mol. The molecule has 0 saturated heterocycles. The van der Waals surface area contributed by atoms with Crippen LogP contribution in [-0.4, -0.2) is 9.97 Å². The number of aromatic nitrogens is 2. The van der Waals surface area contributed by atoms with Crippen molar-refractivity contribution in [3.05, 3.63) is 63.1 Å². The average molecular weight is 329 g/mol. The van der Waals surface area contributed by atoms with Crippen molar-refractivity contribution in [2.24, 2.45) is 0 Å². The lowest BCUT2D eigenvalue weighted by atomic mass is 9.97. The minimum Gasteiger partial charge on any atom is -0.328 e. The third-order valence-electron chi connectivity index (χ3n) is 3.43. The zero-order chi connectivity index (χ0) is 14.1. The largest absolute Gasteiger partial charge is 0.328 e. The SMILES string of the molecule is CCc1c(-c2ccnc3ccccc23)c[nH]c(=O)c1Br. The number of nitrogens with zero attached hydrogens (tertiary/aromatic N) is 1. The van der Waals surface area contributed by atoms with Gasteiger partial charge in [-0.25, -0.2) is 0 Å². The van der Waals surface area contributed by atoms with Gasteiger partial charge >= 0.3 is 0 Å². The number of rotatable bonds is 2. The molecule has 3 rings (SSSR count). The van der Waals surface area contributed by atoms with Gasteiger partial charge in [0.2, 0.25) is 0 Å². The first-order chi connectivity index (χ1) is 9.72. The zero-order valence-corrected chi connectivity index (χ0v) is 12.6. The van der Waals surface area contributed by atoms with E-state index in [0.29, 0.717) is 4.47 Å². The first kappa shape index (κ1) is 13.1. The van der Waals surface area contributed by atoms with Gasteiger partial charge in [-0.1, -0.05) is 25.1 Å². The number of aromatic amines is 1. The molecule has 0 amide bonds. The standard InChI is InChI=1S/C16H13BrN2O/c1-2-10-13(9-19-16(20)15(10)17)11-7-8-18-14-6-4-3-5-12(11)14/h3-9H,2H2,1H3,(H,19,20). The Morgan fingerprint density at radius 2 is 2.00 bits per heavy atom. The van der Waals surface area contributed by atoms with Gasteiger partial charge in [-0.05, 0) is 45.6 Å². The maximum Gasteiger partial charge on any atom is 0.262 e. The van der Waals surface area contributed by atoms with E-state index >= 15 is 0 Å². The number of hydrogen-bond donors (Lipinski definition) is 1. The quantitative estimate of drug-likeness (QED) is 0.775. The topological polar surface area (TPSA) is 45.8 Å². The zero-order valence-electron chi connectivity index (χ0n) is 11.0. The highest BCUT2D eigenvalue weighted by atomic mass is 79.9. The van der Waals surface area contributed by atoms with Crippen molar-refractivity contribution in [2.75, 3.05) is 0 Å². The molecule has 1 aromatic carbocycles. The van der Waals surface area contributed by atoms with Crippen LogP contribution in [0.2, 0.25) is 0 Å². The van der Waals surface area contributed by atoms with Gasteiger partial charge in [0.1, 0.15) is 0 Å². The summed E-state index contributed by atoms with van der Waals surface area (Å²) in [6.07, 6.45) is 4.38. The Bertz CT molecular complexity index is 834. The molecular weight excluding hydrogens is 316 g/mol. The van der Waals surface area contributed by atoms with Crippen LogP contribution in [0.3, 0.4) is 0 Å². The van der Waals surface area contributed by atoms with Crippen LogP contribution in [0.1, 0.15) is 12.5 Å². The highest BCUT2D eigenvalue weighted by molar-refractivity contribution is 9.10. The molecule has 4 heteroatoms. The van der Waals surface area contributed by atoms with E-state index in [1.54, 1.807) is 12.4 Å². The van der Waals surface area contributed by atoms with Gasteiger partial charge in [-0.2, -0.15) is 0 Å². The smallest absolute Gasteiger partial charge is 0.262 e. The fourth-order valence-electron chi connectivity index (χ4n) is 2.46. The summed E-state index contributed by atoms with van der Waals surface area (Å²) in [6.45, 7) is 2.05. The number of fused-ring (bicyclic) bond motifs is 1. The maximum absolute atomic E-state index is 11.7. The Kier molecular flexibility index (Phi) is 3.40. The molecule has 1 N–H and O–H groups in total. The molecule has 0 spiro atoms. The molecule has 0 aliphatic heterocycles. The molecule has 0 fully saturated rings. The van der Waals surface area contributed by atoms with Crippen LogP contribution in [0.4, 0.5) is 0 Å². The first-order valence-electron chi connectivity index (χ1n) is 6.46. The van der Waals surface area contributed by atoms with Gasteiger partial charge < -0.3 is 4.98 Å². The third-order valence-corrected chi connectivity index (χ3v) is 4.27. The highest BCUT2D eigenvalue weighted by Crippen LogP contribution is 2.31. The van der Waals surface area contributed by atoms with Crippen LogP contribution in [0.25, 0.3) is 22.0 Å². The Balaban J connectivity index is 2.37. The van der Waals surface area contributed by atoms with E-state index in [0.717, 1.165) is 34.0 Å². The minimum absolute atomic E-state index is 0.0936. The van der Waals surface area contributed by atoms with Crippen molar-refractivity contribution in [3.8, 4) is 11.1 Å². The van der Waals surface area contributed by atoms with Crippen LogP contribution in [0.5, 0.6) is 0 Å². The Morgan fingerprint density at radius 3 is 2.80 bits per heavy atom. The fourth-order valence-corrected chi connectivity index (χ4v) is 3.07. The van der Waals surface area contributed by atoms with Crippen molar-refractivity contribution in [1.29, 1.82) is 0 Å². The number of pyridine rings is 2. The molecule has 2 aromatic heterocycles. The number of hydrogen-bond acceptors (Lipinski definition) is 2. The van der Waals surface area contributed by atoms with E-state index < -0.39 is 0 Å². The predicted molar refractivity (Wildman–Crippen MR) is 84.9 cm³/mol. The summed E-state index contributed by atoms with van der Waals surface area (Å²) in [6, 6.07) is 10.0. The minimum atomic E-state index is -0.0936. The lowest BCUT2D eigenvalue weighted by Crippen LogP contribution is -2.10. The molecule has 0 atom stereocenters. The number of H-pyrrole nitrogens is 1. The summed E-state index contributed by atoms with van der Waals surface area (Å²) in [5.74, 6) is 0. The fraction of sp³-hybridized carbons (Fsp3) is 0.125. The van der Waals surface area contributed by atoms with Gasteiger partial charge in [-0.15, -0.1) is 0 Å². The van der Waals surface area contributed by atoms with E-state index in [1.165, 1.54) is 0 Å². The third kappa shape index (κ3) is 2.06. The van der Waals surface area contributed by atoms with Crippen LogP contribution in [0.15, 0.2) is 52.0 Å². The van der Waals surface area contributed by atoms with Crippen LogP contribution < -0.4 is 5.56 Å². The van der Waals surface area contributed by atoms with Gasteiger partial charge in [0, 0.05) is 23.3 Å². The summed E-state index contributed by atoms with van der Waals surface area (Å²) in [5.41, 5.74) is 4.01. The summed E-state index contributed by atoms with van der Waals surface area (Å²) >= 11 is 3.39. The van der Waals surface area contributed by atoms with Gasteiger partial charge in [0.25, 0.3) is 5.56 Å². The summed E-state index contributed by atoms with van der Waals surface area (Å²) in [7, 11) is 0. The van der Waals surface area contributed by atoms with E-state index in [4.69, 9.17) is 0 Å². The molecule has 0 aliphatic carbocycles. The van der Waals surface area contributed by atoms with Gasteiger partial charge in [0.15, 0.2) is 0 Å². The number of para-hydroxylation sites is 1. The van der Waals surface area contributed by atoms with Crippen molar-refractivity contribution < 1.29 is 0 Å². The molecule has 100 valence electrons. The molecule has 20 heavy (non-hydrogen) atoms. The Morgan fingerprint density at radius 1 is 1.20 bits per heavy atom. The second kappa shape index (κ2) is 5.21. The molecule has 3 nitrogen and oxygen atoms in total. The van der Waals surface area contributed by atoms with E-state index in [9.17, 15) is 4.79 Å². The first-order valence-corrected chi connectivity index (χ1v) is 7.26.